The molecule has 1 fully saturated rings. The van der Waals surface area contributed by atoms with Gasteiger partial charge in [0.05, 0.1) is 0 Å². The summed E-state index contributed by atoms with van der Waals surface area (Å²) in [7, 11) is 0. The van der Waals surface area contributed by atoms with Crippen molar-refractivity contribution >= 4 is 0 Å². The van der Waals surface area contributed by atoms with Gasteiger partial charge in [0.2, 0.25) is 0 Å². The van der Waals surface area contributed by atoms with E-state index >= 15 is 0 Å². The van der Waals surface area contributed by atoms with Gasteiger partial charge in [0.1, 0.15) is 0 Å². The minimum absolute atomic E-state index is 0.558. The van der Waals surface area contributed by atoms with E-state index in [1.54, 1.807) is 0 Å². The van der Waals surface area contributed by atoms with E-state index in [1.165, 1.54) is 25.9 Å². The highest BCUT2D eigenvalue weighted by molar-refractivity contribution is 4.90. The Morgan fingerprint density at radius 3 is 2.64 bits per heavy atom. The Bertz CT molecular complexity index is 187. The summed E-state index contributed by atoms with van der Waals surface area (Å²) in [6.07, 6.45) is 8.74. The third-order valence-corrected chi connectivity index (χ3v) is 3.06. The molecule has 0 aromatic carbocycles. The molecule has 2 heteroatoms. The minimum atomic E-state index is 0.558. The Hall–Kier alpha value is -0.520. The lowest BCUT2D eigenvalue weighted by Crippen LogP contribution is -2.45. The van der Waals surface area contributed by atoms with E-state index in [9.17, 15) is 0 Å². The normalized spacial score (nSPS) is 21.8. The minimum Gasteiger partial charge on any atom is -0.314 e. The molecular formula is C12H22N2. The number of hydrogen-bond acceptors (Lipinski definition) is 2. The zero-order valence-corrected chi connectivity index (χ0v) is 9.42. The van der Waals surface area contributed by atoms with Gasteiger partial charge in [-0.25, -0.2) is 0 Å². The molecule has 0 aromatic rings. The van der Waals surface area contributed by atoms with Crippen LogP contribution in [0.3, 0.4) is 0 Å². The first-order valence-corrected chi connectivity index (χ1v) is 5.68. The second-order valence-electron chi connectivity index (χ2n) is 4.13. The van der Waals surface area contributed by atoms with Gasteiger partial charge in [0.25, 0.3) is 0 Å². The van der Waals surface area contributed by atoms with Crippen LogP contribution in [-0.2, 0) is 0 Å². The molecule has 2 nitrogen and oxygen atoms in total. The van der Waals surface area contributed by atoms with E-state index in [4.69, 9.17) is 6.42 Å². The summed E-state index contributed by atoms with van der Waals surface area (Å²) in [5.74, 6) is 2.74. The van der Waals surface area contributed by atoms with Crippen LogP contribution in [0.5, 0.6) is 0 Å². The monoisotopic (exact) mass is 194 g/mol. The van der Waals surface area contributed by atoms with Gasteiger partial charge in [-0.15, -0.1) is 12.3 Å². The van der Waals surface area contributed by atoms with Crippen molar-refractivity contribution in [2.75, 3.05) is 19.6 Å². The van der Waals surface area contributed by atoms with Crippen LogP contribution in [0.1, 0.15) is 33.1 Å². The van der Waals surface area contributed by atoms with Crippen molar-refractivity contribution < 1.29 is 0 Å². The van der Waals surface area contributed by atoms with Crippen LogP contribution in [0.15, 0.2) is 0 Å². The average Bonchev–Trinajstić information content (AvgIpc) is 2.20. The summed E-state index contributed by atoms with van der Waals surface area (Å²) in [4.78, 5) is 2.51. The number of rotatable bonds is 4. The summed E-state index contributed by atoms with van der Waals surface area (Å²) >= 11 is 0. The number of nitrogens with one attached hydrogen (secondary N) is 1. The van der Waals surface area contributed by atoms with Crippen molar-refractivity contribution in [1.82, 2.24) is 10.2 Å². The topological polar surface area (TPSA) is 15.3 Å². The molecule has 1 unspecified atom stereocenters. The summed E-state index contributed by atoms with van der Waals surface area (Å²) < 4.78 is 0. The predicted molar refractivity (Wildman–Crippen MR) is 61.2 cm³/mol. The zero-order valence-electron chi connectivity index (χ0n) is 9.42. The smallest absolute Gasteiger partial charge is 0.0240 e. The standard InChI is InChI=1S/C12H22N2/c1-4-6-11(3)14-9-7-12(8-10-14)13-5-2/h1,11-13H,5-10H2,2-3H3. The molecule has 1 rings (SSSR count). The van der Waals surface area contributed by atoms with Crippen LogP contribution >= 0.6 is 0 Å². The highest BCUT2D eigenvalue weighted by Gasteiger charge is 2.21. The lowest BCUT2D eigenvalue weighted by molar-refractivity contribution is 0.155. The van der Waals surface area contributed by atoms with Crippen LogP contribution in [0, 0.1) is 12.3 Å². The van der Waals surface area contributed by atoms with Crippen molar-refractivity contribution in [2.45, 2.75) is 45.2 Å². The van der Waals surface area contributed by atoms with E-state index < -0.39 is 0 Å². The second-order valence-corrected chi connectivity index (χ2v) is 4.13. The van der Waals surface area contributed by atoms with Gasteiger partial charge in [-0.1, -0.05) is 6.92 Å². The number of likely N-dealkylation sites (tertiary alicyclic amines) is 1. The molecule has 1 N–H and O–H groups in total. The molecule has 1 aliphatic rings. The molecule has 0 radical (unpaired) electrons. The van der Waals surface area contributed by atoms with Gasteiger partial charge >= 0.3 is 0 Å². The Balaban J connectivity index is 2.25. The third-order valence-electron chi connectivity index (χ3n) is 3.06. The maximum absolute atomic E-state index is 5.32. The average molecular weight is 194 g/mol. The van der Waals surface area contributed by atoms with Crippen molar-refractivity contribution in [1.29, 1.82) is 0 Å². The summed E-state index contributed by atoms with van der Waals surface area (Å²) in [6, 6.07) is 1.29. The fourth-order valence-electron chi connectivity index (χ4n) is 2.13. The van der Waals surface area contributed by atoms with E-state index in [-0.39, 0.29) is 0 Å². The van der Waals surface area contributed by atoms with Gasteiger partial charge in [-0.3, -0.25) is 4.90 Å². The van der Waals surface area contributed by atoms with Crippen molar-refractivity contribution in [2.24, 2.45) is 0 Å². The number of hydrogen-bond donors (Lipinski definition) is 1. The number of piperidine rings is 1. The van der Waals surface area contributed by atoms with Crippen LogP contribution < -0.4 is 5.32 Å². The molecule has 0 saturated carbocycles. The van der Waals surface area contributed by atoms with E-state index in [1.807, 2.05) is 0 Å². The Morgan fingerprint density at radius 2 is 2.14 bits per heavy atom. The third kappa shape index (κ3) is 3.32. The SMILES string of the molecule is C#CCC(C)N1CCC(NCC)CC1. The van der Waals surface area contributed by atoms with Gasteiger partial charge in [-0.2, -0.15) is 0 Å². The van der Waals surface area contributed by atoms with Crippen LogP contribution in [0.4, 0.5) is 0 Å². The van der Waals surface area contributed by atoms with Gasteiger partial charge in [-0.05, 0) is 39.4 Å². The molecule has 1 saturated heterocycles. The molecule has 1 heterocycles. The fourth-order valence-corrected chi connectivity index (χ4v) is 2.13. The number of terminal acetylenes is 1. The van der Waals surface area contributed by atoms with Gasteiger partial charge in [0, 0.05) is 18.5 Å². The van der Waals surface area contributed by atoms with E-state index in [0.717, 1.165) is 19.0 Å². The van der Waals surface area contributed by atoms with Crippen molar-refractivity contribution in [3.05, 3.63) is 0 Å². The molecule has 0 amide bonds. The first kappa shape index (κ1) is 11.6. The van der Waals surface area contributed by atoms with E-state index in [0.29, 0.717) is 6.04 Å². The number of nitrogens with zero attached hydrogens (tertiary/aromatic N) is 1. The first-order chi connectivity index (χ1) is 6.77. The fraction of sp³-hybridized carbons (Fsp3) is 0.833. The first-order valence-electron chi connectivity index (χ1n) is 5.68. The second kappa shape index (κ2) is 6.06. The molecule has 0 bridgehead atoms. The maximum Gasteiger partial charge on any atom is 0.0240 e. The van der Waals surface area contributed by atoms with Crippen LogP contribution in [0.25, 0.3) is 0 Å². The highest BCUT2D eigenvalue weighted by atomic mass is 15.2. The summed E-state index contributed by atoms with van der Waals surface area (Å²) in [6.45, 7) is 7.88. The molecular weight excluding hydrogens is 172 g/mol. The quantitative estimate of drug-likeness (QED) is 0.682. The lowest BCUT2D eigenvalue weighted by Gasteiger charge is -2.35. The zero-order chi connectivity index (χ0) is 10.4. The van der Waals surface area contributed by atoms with Gasteiger partial charge < -0.3 is 5.32 Å². The van der Waals surface area contributed by atoms with Crippen molar-refractivity contribution in [3.63, 3.8) is 0 Å². The molecule has 1 atom stereocenters. The van der Waals surface area contributed by atoms with Crippen molar-refractivity contribution in [3.8, 4) is 12.3 Å². The Labute approximate surface area is 88.1 Å². The van der Waals surface area contributed by atoms with Crippen LogP contribution in [0.2, 0.25) is 0 Å². The summed E-state index contributed by atoms with van der Waals surface area (Å²) in [5.41, 5.74) is 0. The Morgan fingerprint density at radius 1 is 1.50 bits per heavy atom. The van der Waals surface area contributed by atoms with Gasteiger partial charge in [0.15, 0.2) is 0 Å². The molecule has 0 aromatic heterocycles. The lowest BCUT2D eigenvalue weighted by atomic mass is 10.0. The Kier molecular flexibility index (Phi) is 5.00. The molecule has 0 aliphatic carbocycles. The molecule has 14 heavy (non-hydrogen) atoms. The van der Waals surface area contributed by atoms with Crippen LogP contribution in [-0.4, -0.2) is 36.6 Å². The summed E-state index contributed by atoms with van der Waals surface area (Å²) in [5, 5.41) is 3.51. The van der Waals surface area contributed by atoms with E-state index in [2.05, 4.69) is 30.0 Å². The maximum atomic E-state index is 5.32. The molecule has 1 aliphatic heterocycles. The highest BCUT2D eigenvalue weighted by Crippen LogP contribution is 2.14. The molecule has 80 valence electrons. The molecule has 0 spiro atoms. The predicted octanol–water partition coefficient (Wildman–Crippen LogP) is 1.47. The largest absolute Gasteiger partial charge is 0.314 e.